The predicted molar refractivity (Wildman–Crippen MR) is 89.6 cm³/mol. The Morgan fingerprint density at radius 1 is 1.17 bits per heavy atom. The number of halogens is 1. The standard InChI is InChI=1S/C16H20BrNO6/c1-16(2,3)24-15(21)18-12(14(20)22-4)9-23-13(19)10-5-7-11(17)8-6-10/h5-8,12H,9H2,1-4H3,(H,18,21)/t12-/m0/s1. The molecule has 0 aliphatic rings. The lowest BCUT2D eigenvalue weighted by Crippen LogP contribution is -2.47. The molecule has 0 spiro atoms. The number of hydrogen-bond donors (Lipinski definition) is 1. The Labute approximate surface area is 148 Å². The number of rotatable bonds is 5. The van der Waals surface area contributed by atoms with Gasteiger partial charge in [-0.3, -0.25) is 0 Å². The molecule has 8 heteroatoms. The molecule has 1 rings (SSSR count). The second-order valence-corrected chi connectivity index (χ2v) is 6.74. The van der Waals surface area contributed by atoms with Crippen molar-refractivity contribution < 1.29 is 28.6 Å². The molecule has 1 amide bonds. The average molecular weight is 402 g/mol. The fourth-order valence-corrected chi connectivity index (χ4v) is 1.85. The number of carbonyl (C=O) groups is 3. The van der Waals surface area contributed by atoms with Crippen LogP contribution in [0.4, 0.5) is 4.79 Å². The van der Waals surface area contributed by atoms with Crippen LogP contribution in [0.2, 0.25) is 0 Å². The van der Waals surface area contributed by atoms with Crippen molar-refractivity contribution in [2.24, 2.45) is 0 Å². The van der Waals surface area contributed by atoms with Crippen molar-refractivity contribution >= 4 is 34.0 Å². The van der Waals surface area contributed by atoms with Gasteiger partial charge in [-0.1, -0.05) is 15.9 Å². The molecule has 1 aromatic rings. The van der Waals surface area contributed by atoms with Crippen molar-refractivity contribution in [3.8, 4) is 0 Å². The van der Waals surface area contributed by atoms with Crippen molar-refractivity contribution in [3.05, 3.63) is 34.3 Å². The van der Waals surface area contributed by atoms with Gasteiger partial charge in [0.15, 0.2) is 6.04 Å². The molecule has 1 aromatic carbocycles. The average Bonchev–Trinajstić information content (AvgIpc) is 2.49. The second-order valence-electron chi connectivity index (χ2n) is 5.83. The van der Waals surface area contributed by atoms with Crippen LogP contribution in [-0.4, -0.2) is 43.4 Å². The van der Waals surface area contributed by atoms with Crippen LogP contribution in [0.1, 0.15) is 31.1 Å². The number of amides is 1. The van der Waals surface area contributed by atoms with Crippen molar-refractivity contribution in [2.75, 3.05) is 13.7 Å². The molecule has 0 aromatic heterocycles. The summed E-state index contributed by atoms with van der Waals surface area (Å²) in [6.45, 7) is 4.69. The number of nitrogens with one attached hydrogen (secondary N) is 1. The summed E-state index contributed by atoms with van der Waals surface area (Å²) in [4.78, 5) is 35.4. The number of methoxy groups -OCH3 is 1. The Hall–Kier alpha value is -2.09. The van der Waals surface area contributed by atoms with Gasteiger partial charge in [-0.15, -0.1) is 0 Å². The summed E-state index contributed by atoms with van der Waals surface area (Å²) < 4.78 is 15.5. The zero-order chi connectivity index (χ0) is 18.3. The summed E-state index contributed by atoms with van der Waals surface area (Å²) >= 11 is 3.26. The van der Waals surface area contributed by atoms with E-state index < -0.39 is 29.7 Å². The van der Waals surface area contributed by atoms with Gasteiger partial charge in [-0.2, -0.15) is 0 Å². The van der Waals surface area contributed by atoms with Gasteiger partial charge in [0.2, 0.25) is 0 Å². The van der Waals surface area contributed by atoms with E-state index in [4.69, 9.17) is 9.47 Å². The molecule has 0 saturated heterocycles. The van der Waals surface area contributed by atoms with Gasteiger partial charge in [0.05, 0.1) is 12.7 Å². The minimum Gasteiger partial charge on any atom is -0.467 e. The molecular weight excluding hydrogens is 382 g/mol. The van der Waals surface area contributed by atoms with Crippen LogP contribution in [0, 0.1) is 0 Å². The predicted octanol–water partition coefficient (Wildman–Crippen LogP) is 2.67. The maximum absolute atomic E-state index is 12.0. The highest BCUT2D eigenvalue weighted by Crippen LogP contribution is 2.12. The first-order valence-electron chi connectivity index (χ1n) is 7.12. The zero-order valence-electron chi connectivity index (χ0n) is 13.9. The quantitative estimate of drug-likeness (QED) is 0.602. The van der Waals surface area contributed by atoms with Gasteiger partial charge < -0.3 is 19.5 Å². The summed E-state index contributed by atoms with van der Waals surface area (Å²) in [5.41, 5.74) is -0.405. The van der Waals surface area contributed by atoms with Gasteiger partial charge in [-0.05, 0) is 45.0 Å². The molecule has 0 aliphatic heterocycles. The van der Waals surface area contributed by atoms with Crippen LogP contribution < -0.4 is 5.32 Å². The summed E-state index contributed by atoms with van der Waals surface area (Å²) in [5.74, 6) is -1.37. The molecule has 0 bridgehead atoms. The maximum Gasteiger partial charge on any atom is 0.408 e. The van der Waals surface area contributed by atoms with E-state index in [0.717, 1.165) is 4.47 Å². The van der Waals surface area contributed by atoms with Crippen LogP contribution in [-0.2, 0) is 19.0 Å². The van der Waals surface area contributed by atoms with Gasteiger partial charge in [0, 0.05) is 4.47 Å². The Morgan fingerprint density at radius 3 is 2.25 bits per heavy atom. The van der Waals surface area contributed by atoms with Crippen LogP contribution in [0.25, 0.3) is 0 Å². The van der Waals surface area contributed by atoms with E-state index in [1.165, 1.54) is 7.11 Å². The maximum atomic E-state index is 12.0. The first kappa shape index (κ1) is 20.0. The lowest BCUT2D eigenvalue weighted by Gasteiger charge is -2.22. The van der Waals surface area contributed by atoms with Crippen molar-refractivity contribution in [1.82, 2.24) is 5.32 Å². The van der Waals surface area contributed by atoms with Gasteiger partial charge in [0.25, 0.3) is 0 Å². The van der Waals surface area contributed by atoms with E-state index in [0.29, 0.717) is 5.56 Å². The third-order valence-electron chi connectivity index (χ3n) is 2.64. The van der Waals surface area contributed by atoms with Crippen LogP contribution >= 0.6 is 15.9 Å². The SMILES string of the molecule is COC(=O)[C@H](COC(=O)c1ccc(Br)cc1)NC(=O)OC(C)(C)C. The number of hydrogen-bond acceptors (Lipinski definition) is 6. The Kier molecular flexibility index (Phi) is 7.21. The lowest BCUT2D eigenvalue weighted by atomic mass is 10.2. The number of benzene rings is 1. The van der Waals surface area contributed by atoms with Crippen molar-refractivity contribution in [2.45, 2.75) is 32.4 Å². The topological polar surface area (TPSA) is 90.9 Å². The van der Waals surface area contributed by atoms with Crippen LogP contribution in [0.3, 0.4) is 0 Å². The van der Waals surface area contributed by atoms with Crippen LogP contribution in [0.15, 0.2) is 28.7 Å². The monoisotopic (exact) mass is 401 g/mol. The fourth-order valence-electron chi connectivity index (χ4n) is 1.59. The van der Waals surface area contributed by atoms with E-state index in [1.54, 1.807) is 45.0 Å². The second kappa shape index (κ2) is 8.68. The first-order chi connectivity index (χ1) is 11.1. The number of alkyl carbamates (subject to hydrolysis) is 1. The minimum atomic E-state index is -1.16. The Bertz CT molecular complexity index is 594. The number of ether oxygens (including phenoxy) is 3. The van der Waals surface area contributed by atoms with Crippen LogP contribution in [0.5, 0.6) is 0 Å². The first-order valence-corrected chi connectivity index (χ1v) is 7.91. The van der Waals surface area contributed by atoms with E-state index in [-0.39, 0.29) is 6.61 Å². The summed E-state index contributed by atoms with van der Waals surface area (Å²) in [5, 5.41) is 2.32. The summed E-state index contributed by atoms with van der Waals surface area (Å²) in [6.07, 6.45) is -0.808. The molecular formula is C16H20BrNO6. The smallest absolute Gasteiger partial charge is 0.408 e. The minimum absolute atomic E-state index is 0.319. The molecule has 0 unspecified atom stereocenters. The highest BCUT2D eigenvalue weighted by atomic mass is 79.9. The lowest BCUT2D eigenvalue weighted by molar-refractivity contribution is -0.144. The third-order valence-corrected chi connectivity index (χ3v) is 3.17. The molecule has 0 aliphatic carbocycles. The molecule has 24 heavy (non-hydrogen) atoms. The molecule has 7 nitrogen and oxygen atoms in total. The summed E-state index contributed by atoms with van der Waals surface area (Å²) in [6, 6.07) is 5.35. The Balaban J connectivity index is 2.66. The Morgan fingerprint density at radius 2 is 1.75 bits per heavy atom. The molecule has 0 saturated carbocycles. The highest BCUT2D eigenvalue weighted by molar-refractivity contribution is 9.10. The number of carbonyl (C=O) groups excluding carboxylic acids is 3. The third kappa shape index (κ3) is 6.99. The fraction of sp³-hybridized carbons (Fsp3) is 0.438. The van der Waals surface area contributed by atoms with Gasteiger partial charge >= 0.3 is 18.0 Å². The molecule has 1 atom stereocenters. The van der Waals surface area contributed by atoms with Crippen molar-refractivity contribution in [1.29, 1.82) is 0 Å². The molecule has 0 radical (unpaired) electrons. The largest absolute Gasteiger partial charge is 0.467 e. The highest BCUT2D eigenvalue weighted by Gasteiger charge is 2.26. The van der Waals surface area contributed by atoms with E-state index in [2.05, 4.69) is 26.0 Å². The molecule has 0 heterocycles. The zero-order valence-corrected chi connectivity index (χ0v) is 15.5. The van der Waals surface area contributed by atoms with Crippen molar-refractivity contribution in [3.63, 3.8) is 0 Å². The number of esters is 2. The molecule has 132 valence electrons. The van der Waals surface area contributed by atoms with Gasteiger partial charge in [-0.25, -0.2) is 14.4 Å². The van der Waals surface area contributed by atoms with E-state index in [9.17, 15) is 14.4 Å². The molecule has 0 fully saturated rings. The normalized spacial score (nSPS) is 12.0. The van der Waals surface area contributed by atoms with E-state index >= 15 is 0 Å². The van der Waals surface area contributed by atoms with E-state index in [1.807, 2.05) is 0 Å². The molecule has 1 N–H and O–H groups in total. The summed E-state index contributed by atoms with van der Waals surface area (Å²) in [7, 11) is 1.17. The van der Waals surface area contributed by atoms with Gasteiger partial charge in [0.1, 0.15) is 12.2 Å².